The molecule has 0 saturated heterocycles. The maximum Gasteiger partial charge on any atom is 0.332 e. The molecule has 1 atom stereocenters. The van der Waals surface area contributed by atoms with Gasteiger partial charge in [0.2, 0.25) is 0 Å². The fourth-order valence-corrected chi connectivity index (χ4v) is 1.14. The zero-order chi connectivity index (χ0) is 12.0. The number of hydrogen-bond donors (Lipinski definition) is 3. The summed E-state index contributed by atoms with van der Waals surface area (Å²) < 4.78 is 0. The normalized spacial score (nSPS) is 11.8. The van der Waals surface area contributed by atoms with E-state index in [0.717, 1.165) is 0 Å². The molecule has 0 spiro atoms. The van der Waals surface area contributed by atoms with Crippen molar-refractivity contribution < 1.29 is 19.8 Å². The highest BCUT2D eigenvalue weighted by atomic mass is 16.4. The van der Waals surface area contributed by atoms with Gasteiger partial charge in [0, 0.05) is 18.5 Å². The Hall–Kier alpha value is -1.88. The first-order valence-corrected chi connectivity index (χ1v) is 4.85. The summed E-state index contributed by atoms with van der Waals surface area (Å²) >= 11 is 0. The molecular formula is C11H13NO4. The monoisotopic (exact) mass is 223 g/mol. The molecule has 0 unspecified atom stereocenters. The molecule has 0 radical (unpaired) electrons. The molecular weight excluding hydrogens is 210 g/mol. The fraction of sp³-hybridized carbons (Fsp3) is 0.273. The molecule has 0 aromatic heterocycles. The van der Waals surface area contributed by atoms with Crippen molar-refractivity contribution in [1.29, 1.82) is 0 Å². The van der Waals surface area contributed by atoms with Crippen LogP contribution >= 0.6 is 0 Å². The predicted molar refractivity (Wildman–Crippen MR) is 57.0 cm³/mol. The van der Waals surface area contributed by atoms with Crippen molar-refractivity contribution >= 4 is 11.9 Å². The topological polar surface area (TPSA) is 86.6 Å². The molecule has 3 N–H and O–H groups in total. The Bertz CT molecular complexity index is 364. The van der Waals surface area contributed by atoms with Crippen molar-refractivity contribution in [2.75, 3.05) is 6.54 Å². The van der Waals surface area contributed by atoms with Crippen LogP contribution in [0.1, 0.15) is 16.8 Å². The SMILES string of the molecule is O=C(NCC[C@H](O)C(=O)O)c1ccccc1. The summed E-state index contributed by atoms with van der Waals surface area (Å²) in [6.45, 7) is 0.126. The number of hydrogen-bond acceptors (Lipinski definition) is 3. The van der Waals surface area contributed by atoms with E-state index in [0.29, 0.717) is 5.56 Å². The van der Waals surface area contributed by atoms with Gasteiger partial charge in [0.1, 0.15) is 0 Å². The highest BCUT2D eigenvalue weighted by molar-refractivity contribution is 5.94. The molecule has 16 heavy (non-hydrogen) atoms. The molecule has 1 amide bonds. The zero-order valence-corrected chi connectivity index (χ0v) is 8.59. The molecule has 5 nitrogen and oxygen atoms in total. The van der Waals surface area contributed by atoms with Crippen LogP contribution in [0.25, 0.3) is 0 Å². The average molecular weight is 223 g/mol. The molecule has 0 bridgehead atoms. The highest BCUT2D eigenvalue weighted by Gasteiger charge is 2.13. The summed E-state index contributed by atoms with van der Waals surface area (Å²) in [6, 6.07) is 8.58. The van der Waals surface area contributed by atoms with E-state index in [9.17, 15) is 9.59 Å². The summed E-state index contributed by atoms with van der Waals surface area (Å²) in [4.78, 5) is 21.7. The molecule has 0 heterocycles. The number of amides is 1. The van der Waals surface area contributed by atoms with Crippen LogP contribution in [0.2, 0.25) is 0 Å². The lowest BCUT2D eigenvalue weighted by molar-refractivity contribution is -0.146. The molecule has 0 aliphatic rings. The van der Waals surface area contributed by atoms with Crippen LogP contribution in [0.3, 0.4) is 0 Å². The Morgan fingerprint density at radius 1 is 1.25 bits per heavy atom. The number of carboxylic acids is 1. The van der Waals surface area contributed by atoms with E-state index in [1.807, 2.05) is 0 Å². The number of carbonyl (C=O) groups excluding carboxylic acids is 1. The van der Waals surface area contributed by atoms with E-state index in [1.165, 1.54) is 0 Å². The number of aliphatic hydroxyl groups is 1. The van der Waals surface area contributed by atoms with Crippen LogP contribution in [0, 0.1) is 0 Å². The summed E-state index contributed by atoms with van der Waals surface area (Å²) in [5.41, 5.74) is 0.507. The summed E-state index contributed by atoms with van der Waals surface area (Å²) in [5.74, 6) is -1.56. The first-order chi connectivity index (χ1) is 7.61. The van der Waals surface area contributed by atoms with Gasteiger partial charge in [0.25, 0.3) is 5.91 Å². The largest absolute Gasteiger partial charge is 0.479 e. The average Bonchev–Trinajstić information content (AvgIpc) is 2.29. The van der Waals surface area contributed by atoms with Gasteiger partial charge in [-0.15, -0.1) is 0 Å². The number of nitrogens with one attached hydrogen (secondary N) is 1. The van der Waals surface area contributed by atoms with E-state index in [1.54, 1.807) is 30.3 Å². The third kappa shape index (κ3) is 3.70. The van der Waals surface area contributed by atoms with Gasteiger partial charge in [-0.3, -0.25) is 4.79 Å². The minimum atomic E-state index is -1.43. The Balaban J connectivity index is 2.34. The Kier molecular flexibility index (Phi) is 4.47. The summed E-state index contributed by atoms with van der Waals surface area (Å²) in [5, 5.41) is 19.9. The molecule has 0 aliphatic carbocycles. The zero-order valence-electron chi connectivity index (χ0n) is 8.59. The second-order valence-corrected chi connectivity index (χ2v) is 3.26. The van der Waals surface area contributed by atoms with E-state index in [2.05, 4.69) is 5.32 Å². The Morgan fingerprint density at radius 2 is 1.88 bits per heavy atom. The smallest absolute Gasteiger partial charge is 0.332 e. The fourth-order valence-electron chi connectivity index (χ4n) is 1.14. The third-order valence-corrected chi connectivity index (χ3v) is 2.02. The molecule has 1 aromatic carbocycles. The second kappa shape index (κ2) is 5.87. The lowest BCUT2D eigenvalue weighted by atomic mass is 10.2. The molecule has 0 fully saturated rings. The van der Waals surface area contributed by atoms with E-state index < -0.39 is 12.1 Å². The molecule has 1 aromatic rings. The van der Waals surface area contributed by atoms with Gasteiger partial charge >= 0.3 is 5.97 Å². The van der Waals surface area contributed by atoms with Gasteiger partial charge in [-0.05, 0) is 12.1 Å². The number of benzene rings is 1. The van der Waals surface area contributed by atoms with E-state index in [-0.39, 0.29) is 18.9 Å². The maximum atomic E-state index is 11.5. The minimum absolute atomic E-state index is 0.00604. The lowest BCUT2D eigenvalue weighted by Gasteiger charge is -2.07. The third-order valence-electron chi connectivity index (χ3n) is 2.02. The van der Waals surface area contributed by atoms with Crippen molar-refractivity contribution in [1.82, 2.24) is 5.32 Å². The van der Waals surface area contributed by atoms with Crippen LogP contribution in [-0.4, -0.2) is 34.7 Å². The quantitative estimate of drug-likeness (QED) is 0.668. The van der Waals surface area contributed by atoms with Gasteiger partial charge in [-0.1, -0.05) is 18.2 Å². The Morgan fingerprint density at radius 3 is 2.44 bits per heavy atom. The van der Waals surface area contributed by atoms with Crippen molar-refractivity contribution in [3.05, 3.63) is 35.9 Å². The van der Waals surface area contributed by atoms with Gasteiger partial charge in [0.15, 0.2) is 6.10 Å². The summed E-state index contributed by atoms with van der Waals surface area (Å²) in [6.07, 6.45) is -1.44. The first-order valence-electron chi connectivity index (χ1n) is 4.85. The summed E-state index contributed by atoms with van der Waals surface area (Å²) in [7, 11) is 0. The van der Waals surface area contributed by atoms with E-state index >= 15 is 0 Å². The molecule has 1 rings (SSSR count). The molecule has 86 valence electrons. The maximum absolute atomic E-state index is 11.5. The Labute approximate surface area is 92.7 Å². The van der Waals surface area contributed by atoms with Crippen LogP contribution < -0.4 is 5.32 Å². The van der Waals surface area contributed by atoms with Crippen molar-refractivity contribution in [3.8, 4) is 0 Å². The number of carbonyl (C=O) groups is 2. The standard InChI is InChI=1S/C11H13NO4/c13-9(11(15)16)6-7-12-10(14)8-4-2-1-3-5-8/h1-5,9,13H,6-7H2,(H,12,14)(H,15,16)/t9-/m0/s1. The van der Waals surface area contributed by atoms with Crippen LogP contribution in [0.15, 0.2) is 30.3 Å². The number of aliphatic hydroxyl groups excluding tert-OH is 1. The minimum Gasteiger partial charge on any atom is -0.479 e. The van der Waals surface area contributed by atoms with Gasteiger partial charge in [-0.2, -0.15) is 0 Å². The number of rotatable bonds is 5. The van der Waals surface area contributed by atoms with Gasteiger partial charge in [-0.25, -0.2) is 4.79 Å². The second-order valence-electron chi connectivity index (χ2n) is 3.26. The number of aliphatic carboxylic acids is 1. The van der Waals surface area contributed by atoms with E-state index in [4.69, 9.17) is 10.2 Å². The number of carboxylic acid groups (broad SMARTS) is 1. The molecule has 5 heteroatoms. The van der Waals surface area contributed by atoms with Crippen molar-refractivity contribution in [3.63, 3.8) is 0 Å². The predicted octanol–water partition coefficient (Wildman–Crippen LogP) is 0.252. The van der Waals surface area contributed by atoms with Crippen molar-refractivity contribution in [2.24, 2.45) is 0 Å². The van der Waals surface area contributed by atoms with Crippen LogP contribution in [0.4, 0.5) is 0 Å². The van der Waals surface area contributed by atoms with Gasteiger partial charge < -0.3 is 15.5 Å². The van der Waals surface area contributed by atoms with Crippen molar-refractivity contribution in [2.45, 2.75) is 12.5 Å². The van der Waals surface area contributed by atoms with Crippen LogP contribution in [0.5, 0.6) is 0 Å². The lowest BCUT2D eigenvalue weighted by Crippen LogP contribution is -2.29. The molecule has 0 saturated carbocycles. The highest BCUT2D eigenvalue weighted by Crippen LogP contribution is 1.98. The molecule has 0 aliphatic heterocycles. The van der Waals surface area contributed by atoms with Gasteiger partial charge in [0.05, 0.1) is 0 Å². The first kappa shape index (κ1) is 12.2. The van der Waals surface area contributed by atoms with Crippen LogP contribution in [-0.2, 0) is 4.79 Å².